The van der Waals surface area contributed by atoms with Crippen LogP contribution in [0.25, 0.3) is 10.9 Å². The van der Waals surface area contributed by atoms with Crippen LogP contribution in [-0.4, -0.2) is 40.0 Å². The zero-order valence-electron chi connectivity index (χ0n) is 16.7. The van der Waals surface area contributed by atoms with Gasteiger partial charge in [-0.1, -0.05) is 18.2 Å². The highest BCUT2D eigenvalue weighted by molar-refractivity contribution is 6.06. The molecule has 7 nitrogen and oxygen atoms in total. The Morgan fingerprint density at radius 2 is 1.87 bits per heavy atom. The van der Waals surface area contributed by atoms with Crippen LogP contribution in [0.5, 0.6) is 0 Å². The molecule has 3 aromatic rings. The summed E-state index contributed by atoms with van der Waals surface area (Å²) in [6.45, 7) is 2.31. The van der Waals surface area contributed by atoms with Crippen molar-refractivity contribution in [2.45, 2.75) is 32.0 Å². The van der Waals surface area contributed by atoms with E-state index in [1.54, 1.807) is 29.2 Å². The van der Waals surface area contributed by atoms with Gasteiger partial charge in [0, 0.05) is 42.2 Å². The zero-order valence-corrected chi connectivity index (χ0v) is 16.7. The van der Waals surface area contributed by atoms with Gasteiger partial charge in [-0.3, -0.25) is 9.59 Å². The Morgan fingerprint density at radius 1 is 1.16 bits per heavy atom. The second-order valence-corrected chi connectivity index (χ2v) is 7.48. The number of aryl methyl sites for hydroxylation is 1. The lowest BCUT2D eigenvalue weighted by molar-refractivity contribution is -0.141. The molecule has 1 aliphatic rings. The first kappa shape index (κ1) is 20.8. The van der Waals surface area contributed by atoms with E-state index in [1.807, 2.05) is 0 Å². The third kappa shape index (κ3) is 4.52. The van der Waals surface area contributed by atoms with Crippen LogP contribution in [-0.2, 0) is 6.18 Å². The molecule has 0 aliphatic carbocycles. The molecule has 10 heteroatoms. The number of fused-ring (bicyclic) bond motifs is 1. The molecule has 0 atom stereocenters. The van der Waals surface area contributed by atoms with Crippen molar-refractivity contribution in [2.24, 2.45) is 0 Å². The summed E-state index contributed by atoms with van der Waals surface area (Å²) in [5.41, 5.74) is -0.456. The fraction of sp³-hybridized carbons (Fsp3) is 0.333. The Labute approximate surface area is 175 Å². The molecule has 31 heavy (non-hydrogen) atoms. The lowest BCUT2D eigenvalue weighted by atomic mass is 10.0. The predicted molar refractivity (Wildman–Crippen MR) is 109 cm³/mol. The van der Waals surface area contributed by atoms with Gasteiger partial charge in [-0.15, -0.1) is 0 Å². The van der Waals surface area contributed by atoms with Gasteiger partial charge in [0.15, 0.2) is 0 Å². The average Bonchev–Trinajstić information content (AvgIpc) is 2.72. The number of anilines is 1. The number of H-pyrrole nitrogens is 1. The molecule has 0 radical (unpaired) electrons. The molecule has 2 N–H and O–H groups in total. The number of halogens is 3. The number of alkyl halides is 3. The number of benzene rings is 1. The number of carbonyl (C=O) groups excluding carboxylic acids is 1. The van der Waals surface area contributed by atoms with Crippen LogP contribution >= 0.6 is 0 Å². The SMILES string of the molecule is Cc1nc(N2CCC(NC(=O)c3cc(=O)[nH]c4ccccc34)CC2)cc(C(F)(F)F)n1. The average molecular weight is 431 g/mol. The molecule has 0 spiro atoms. The van der Waals surface area contributed by atoms with Crippen LogP contribution in [0.1, 0.15) is 34.7 Å². The normalized spacial score (nSPS) is 15.3. The van der Waals surface area contributed by atoms with E-state index in [9.17, 15) is 22.8 Å². The van der Waals surface area contributed by atoms with Crippen LogP contribution in [0, 0.1) is 6.92 Å². The van der Waals surface area contributed by atoms with Gasteiger partial charge < -0.3 is 15.2 Å². The second kappa shape index (κ2) is 8.01. The highest BCUT2D eigenvalue weighted by atomic mass is 19.4. The van der Waals surface area contributed by atoms with Crippen LogP contribution in [0.3, 0.4) is 0 Å². The Balaban J connectivity index is 1.45. The lowest BCUT2D eigenvalue weighted by Gasteiger charge is -2.33. The highest BCUT2D eigenvalue weighted by Gasteiger charge is 2.34. The van der Waals surface area contributed by atoms with Crippen molar-refractivity contribution in [3.05, 3.63) is 63.8 Å². The number of carbonyl (C=O) groups is 1. The summed E-state index contributed by atoms with van der Waals surface area (Å²) in [7, 11) is 0. The maximum absolute atomic E-state index is 13.0. The van der Waals surface area contributed by atoms with Crippen molar-refractivity contribution < 1.29 is 18.0 Å². The Hall–Kier alpha value is -3.43. The number of piperidine rings is 1. The molecule has 2 aromatic heterocycles. The van der Waals surface area contributed by atoms with Crippen LogP contribution in [0.4, 0.5) is 19.0 Å². The van der Waals surface area contributed by atoms with Gasteiger partial charge >= 0.3 is 6.18 Å². The molecule has 1 fully saturated rings. The molecule has 0 bridgehead atoms. The molecule has 0 saturated carbocycles. The number of amides is 1. The predicted octanol–water partition coefficient (Wildman–Crippen LogP) is 3.04. The van der Waals surface area contributed by atoms with E-state index in [0.29, 0.717) is 42.4 Å². The summed E-state index contributed by atoms with van der Waals surface area (Å²) >= 11 is 0. The number of aromatic nitrogens is 3. The number of para-hydroxylation sites is 1. The minimum Gasteiger partial charge on any atom is -0.356 e. The van der Waals surface area contributed by atoms with Crippen LogP contribution in [0.2, 0.25) is 0 Å². The van der Waals surface area contributed by atoms with E-state index in [2.05, 4.69) is 20.3 Å². The Morgan fingerprint density at radius 3 is 2.58 bits per heavy atom. The molecule has 1 amide bonds. The van der Waals surface area contributed by atoms with Gasteiger partial charge in [-0.2, -0.15) is 13.2 Å². The molecule has 1 aliphatic heterocycles. The second-order valence-electron chi connectivity index (χ2n) is 7.48. The van der Waals surface area contributed by atoms with Gasteiger partial charge in [0.1, 0.15) is 17.3 Å². The minimum absolute atomic E-state index is 0.0569. The maximum Gasteiger partial charge on any atom is 0.433 e. The van der Waals surface area contributed by atoms with E-state index < -0.39 is 11.9 Å². The van der Waals surface area contributed by atoms with E-state index >= 15 is 0 Å². The quantitative estimate of drug-likeness (QED) is 0.665. The number of hydrogen-bond donors (Lipinski definition) is 2. The van der Waals surface area contributed by atoms with Crippen LogP contribution in [0.15, 0.2) is 41.2 Å². The zero-order chi connectivity index (χ0) is 22.2. The summed E-state index contributed by atoms with van der Waals surface area (Å²) in [6.07, 6.45) is -3.46. The van der Waals surface area contributed by atoms with E-state index in [0.717, 1.165) is 6.07 Å². The summed E-state index contributed by atoms with van der Waals surface area (Å²) in [4.78, 5) is 36.8. The first-order valence-corrected chi connectivity index (χ1v) is 9.81. The third-order valence-corrected chi connectivity index (χ3v) is 5.26. The summed E-state index contributed by atoms with van der Waals surface area (Å²) in [5.74, 6) is -0.0652. The maximum atomic E-state index is 13.0. The van der Waals surface area contributed by atoms with Crippen molar-refractivity contribution in [1.82, 2.24) is 20.3 Å². The molecular weight excluding hydrogens is 411 g/mol. The van der Waals surface area contributed by atoms with Gasteiger partial charge in [0.2, 0.25) is 5.56 Å². The smallest absolute Gasteiger partial charge is 0.356 e. The van der Waals surface area contributed by atoms with Gasteiger partial charge in [0.25, 0.3) is 5.91 Å². The minimum atomic E-state index is -4.54. The molecular formula is C21H20F3N5O2. The number of hydrogen-bond acceptors (Lipinski definition) is 5. The Bertz CT molecular complexity index is 1180. The highest BCUT2D eigenvalue weighted by Crippen LogP contribution is 2.30. The number of nitrogens with zero attached hydrogens (tertiary/aromatic N) is 3. The van der Waals surface area contributed by atoms with Gasteiger partial charge in [0.05, 0.1) is 5.56 Å². The summed E-state index contributed by atoms with van der Waals surface area (Å²) in [5, 5.41) is 3.59. The first-order valence-electron chi connectivity index (χ1n) is 9.81. The topological polar surface area (TPSA) is 91.0 Å². The van der Waals surface area contributed by atoms with Crippen LogP contribution < -0.4 is 15.8 Å². The fourth-order valence-electron chi connectivity index (χ4n) is 3.77. The number of aromatic amines is 1. The molecule has 0 unspecified atom stereocenters. The largest absolute Gasteiger partial charge is 0.433 e. The van der Waals surface area contributed by atoms with E-state index in [4.69, 9.17) is 0 Å². The molecule has 162 valence electrons. The summed E-state index contributed by atoms with van der Waals surface area (Å²) < 4.78 is 39.1. The monoisotopic (exact) mass is 431 g/mol. The van der Waals surface area contributed by atoms with Crippen molar-refractivity contribution in [3.8, 4) is 0 Å². The fourth-order valence-corrected chi connectivity index (χ4v) is 3.77. The Kier molecular flexibility index (Phi) is 5.38. The lowest BCUT2D eigenvalue weighted by Crippen LogP contribution is -2.45. The van der Waals surface area contributed by atoms with E-state index in [-0.39, 0.29) is 29.2 Å². The molecule has 3 heterocycles. The van der Waals surface area contributed by atoms with Gasteiger partial charge in [-0.05, 0) is 25.8 Å². The first-order chi connectivity index (χ1) is 14.7. The van der Waals surface area contributed by atoms with Gasteiger partial charge in [-0.25, -0.2) is 9.97 Å². The molecule has 1 aromatic carbocycles. The number of pyridine rings is 1. The standard InChI is InChI=1S/C21H20F3N5O2/c1-12-25-17(21(22,23)24)11-18(26-12)29-8-6-13(7-9-29)27-20(31)15-10-19(30)28-16-5-3-2-4-14(15)16/h2-5,10-11,13H,6-9H2,1H3,(H,27,31)(H,28,30). The number of nitrogens with one attached hydrogen (secondary N) is 2. The molecule has 1 saturated heterocycles. The van der Waals surface area contributed by atoms with E-state index in [1.165, 1.54) is 13.0 Å². The van der Waals surface area contributed by atoms with Crippen molar-refractivity contribution in [1.29, 1.82) is 0 Å². The van der Waals surface area contributed by atoms with Crippen molar-refractivity contribution >= 4 is 22.6 Å². The molecule has 4 rings (SSSR count). The third-order valence-electron chi connectivity index (χ3n) is 5.26. The van der Waals surface area contributed by atoms with Crippen molar-refractivity contribution in [3.63, 3.8) is 0 Å². The van der Waals surface area contributed by atoms with Crippen molar-refractivity contribution in [2.75, 3.05) is 18.0 Å². The number of rotatable bonds is 3. The summed E-state index contributed by atoms with van der Waals surface area (Å²) in [6, 6.07) is 9.11.